The number of benzene rings is 2. The predicted molar refractivity (Wildman–Crippen MR) is 106 cm³/mol. The summed E-state index contributed by atoms with van der Waals surface area (Å²) in [6.07, 6.45) is 0.461. The van der Waals surface area contributed by atoms with Crippen LogP contribution in [-0.2, 0) is 16.1 Å². The smallest absolute Gasteiger partial charge is 0.261 e. The molecule has 0 aliphatic rings. The van der Waals surface area contributed by atoms with Gasteiger partial charge >= 0.3 is 0 Å². The summed E-state index contributed by atoms with van der Waals surface area (Å²) >= 11 is 0. The quantitative estimate of drug-likeness (QED) is 0.718. The highest BCUT2D eigenvalue weighted by atomic mass is 19.1. The molecule has 0 spiro atoms. The van der Waals surface area contributed by atoms with E-state index in [-0.39, 0.29) is 30.7 Å². The molecular formula is C22H27FN2O3. The number of hydrogen-bond donors (Lipinski definition) is 1. The summed E-state index contributed by atoms with van der Waals surface area (Å²) in [6, 6.07) is 13.1. The van der Waals surface area contributed by atoms with Gasteiger partial charge in [0.1, 0.15) is 6.04 Å². The van der Waals surface area contributed by atoms with Gasteiger partial charge in [0.2, 0.25) is 5.91 Å². The van der Waals surface area contributed by atoms with Crippen LogP contribution in [0.3, 0.4) is 0 Å². The van der Waals surface area contributed by atoms with E-state index in [2.05, 4.69) is 5.32 Å². The van der Waals surface area contributed by atoms with Crippen LogP contribution in [0.1, 0.15) is 31.4 Å². The molecule has 0 saturated heterocycles. The van der Waals surface area contributed by atoms with E-state index in [1.165, 1.54) is 17.0 Å². The van der Waals surface area contributed by atoms with Gasteiger partial charge in [0.25, 0.3) is 5.91 Å². The Hall–Kier alpha value is -2.89. The van der Waals surface area contributed by atoms with Crippen molar-refractivity contribution in [1.29, 1.82) is 0 Å². The molecule has 0 fully saturated rings. The third kappa shape index (κ3) is 5.81. The number of nitrogens with one attached hydrogen (secondary N) is 1. The van der Waals surface area contributed by atoms with E-state index in [1.807, 2.05) is 45.0 Å². The Kier molecular flexibility index (Phi) is 7.99. The van der Waals surface area contributed by atoms with Crippen molar-refractivity contribution in [2.45, 2.75) is 39.8 Å². The van der Waals surface area contributed by atoms with Crippen molar-refractivity contribution < 1.29 is 18.7 Å². The summed E-state index contributed by atoms with van der Waals surface area (Å²) < 4.78 is 19.1. The van der Waals surface area contributed by atoms with Crippen LogP contribution in [0.2, 0.25) is 0 Å². The molecule has 150 valence electrons. The second kappa shape index (κ2) is 10.4. The lowest BCUT2D eigenvalue weighted by atomic mass is 10.1. The Morgan fingerprint density at radius 3 is 2.54 bits per heavy atom. The minimum Gasteiger partial charge on any atom is -0.481 e. The molecule has 5 nitrogen and oxygen atoms in total. The molecular weight excluding hydrogens is 359 g/mol. The molecule has 1 atom stereocenters. The van der Waals surface area contributed by atoms with Gasteiger partial charge in [-0.3, -0.25) is 9.59 Å². The topological polar surface area (TPSA) is 58.6 Å². The molecule has 2 aromatic carbocycles. The lowest BCUT2D eigenvalue weighted by molar-refractivity contribution is -0.143. The normalized spacial score (nSPS) is 11.6. The van der Waals surface area contributed by atoms with Crippen molar-refractivity contribution in [2.75, 3.05) is 13.2 Å². The van der Waals surface area contributed by atoms with Crippen LogP contribution in [0.4, 0.5) is 4.39 Å². The van der Waals surface area contributed by atoms with Crippen molar-refractivity contribution >= 4 is 11.8 Å². The number of nitrogens with zero attached hydrogens (tertiary/aromatic N) is 1. The highest BCUT2D eigenvalue weighted by Crippen LogP contribution is 2.17. The summed E-state index contributed by atoms with van der Waals surface area (Å²) in [6.45, 7) is 6.07. The zero-order valence-electron chi connectivity index (χ0n) is 16.6. The molecule has 0 aliphatic carbocycles. The monoisotopic (exact) mass is 386 g/mol. The van der Waals surface area contributed by atoms with Crippen molar-refractivity contribution in [2.24, 2.45) is 0 Å². The number of hydrogen-bond acceptors (Lipinski definition) is 3. The lowest BCUT2D eigenvalue weighted by Gasteiger charge is -2.30. The molecule has 0 aliphatic heterocycles. The number of halogens is 1. The first-order valence-electron chi connectivity index (χ1n) is 9.46. The van der Waals surface area contributed by atoms with E-state index in [1.54, 1.807) is 12.1 Å². The van der Waals surface area contributed by atoms with Gasteiger partial charge in [-0.2, -0.15) is 0 Å². The summed E-state index contributed by atoms with van der Waals surface area (Å²) in [5.41, 5.74) is 1.99. The average Bonchev–Trinajstić information content (AvgIpc) is 2.67. The Balaban J connectivity index is 2.21. The molecule has 1 N–H and O–H groups in total. The fourth-order valence-corrected chi connectivity index (χ4v) is 3.00. The SMILES string of the molecule is CCNC(=O)[C@H](CC)N(Cc1cccc(C)c1)C(=O)COc1ccccc1F. The minimum absolute atomic E-state index is 0.0115. The Labute approximate surface area is 165 Å². The Morgan fingerprint density at radius 1 is 1.14 bits per heavy atom. The van der Waals surface area contributed by atoms with Crippen LogP contribution in [0, 0.1) is 12.7 Å². The number of carbonyl (C=O) groups excluding carboxylic acids is 2. The van der Waals surface area contributed by atoms with Gasteiger partial charge < -0.3 is 15.0 Å². The maximum atomic E-state index is 13.8. The molecule has 2 aromatic rings. The van der Waals surface area contributed by atoms with Gasteiger partial charge in [0.15, 0.2) is 18.2 Å². The molecule has 0 saturated carbocycles. The van der Waals surface area contributed by atoms with Crippen molar-refractivity contribution in [3.63, 3.8) is 0 Å². The van der Waals surface area contributed by atoms with Gasteiger partial charge in [-0.25, -0.2) is 4.39 Å². The molecule has 2 amide bonds. The van der Waals surface area contributed by atoms with Crippen molar-refractivity contribution in [3.05, 3.63) is 65.5 Å². The molecule has 0 bridgehead atoms. The van der Waals surface area contributed by atoms with Gasteiger partial charge in [-0.15, -0.1) is 0 Å². The number of para-hydroxylation sites is 1. The zero-order chi connectivity index (χ0) is 20.5. The van der Waals surface area contributed by atoms with E-state index in [4.69, 9.17) is 4.74 Å². The molecule has 0 heterocycles. The fraction of sp³-hybridized carbons (Fsp3) is 0.364. The highest BCUT2D eigenvalue weighted by Gasteiger charge is 2.28. The maximum absolute atomic E-state index is 13.8. The van der Waals surface area contributed by atoms with E-state index in [0.717, 1.165) is 11.1 Å². The van der Waals surface area contributed by atoms with Crippen LogP contribution in [0.15, 0.2) is 48.5 Å². The molecule has 0 unspecified atom stereocenters. The van der Waals surface area contributed by atoms with Crippen LogP contribution in [-0.4, -0.2) is 35.9 Å². The molecule has 0 aromatic heterocycles. The first kappa shape index (κ1) is 21.4. The first-order valence-corrected chi connectivity index (χ1v) is 9.46. The van der Waals surface area contributed by atoms with Crippen LogP contribution >= 0.6 is 0 Å². The highest BCUT2D eigenvalue weighted by molar-refractivity contribution is 5.88. The summed E-state index contributed by atoms with van der Waals surface area (Å²) in [4.78, 5) is 26.9. The Bertz CT molecular complexity index is 810. The fourth-order valence-electron chi connectivity index (χ4n) is 3.00. The molecule has 2 rings (SSSR count). The number of carbonyl (C=O) groups is 2. The van der Waals surface area contributed by atoms with Crippen molar-refractivity contribution in [3.8, 4) is 5.75 Å². The number of amides is 2. The number of likely N-dealkylation sites (N-methyl/N-ethyl adjacent to an activating group) is 1. The Morgan fingerprint density at radius 2 is 1.89 bits per heavy atom. The van der Waals surface area contributed by atoms with Crippen molar-refractivity contribution in [1.82, 2.24) is 10.2 Å². The molecule has 28 heavy (non-hydrogen) atoms. The first-order chi connectivity index (χ1) is 13.5. The largest absolute Gasteiger partial charge is 0.481 e. The van der Waals surface area contributed by atoms with Gasteiger partial charge in [-0.05, 0) is 38.0 Å². The minimum atomic E-state index is -0.628. The third-order valence-electron chi connectivity index (χ3n) is 4.36. The molecule has 0 radical (unpaired) electrons. The maximum Gasteiger partial charge on any atom is 0.261 e. The van der Waals surface area contributed by atoms with Gasteiger partial charge in [0, 0.05) is 13.1 Å². The summed E-state index contributed by atoms with van der Waals surface area (Å²) in [5.74, 6) is -1.10. The number of rotatable bonds is 9. The summed E-state index contributed by atoms with van der Waals surface area (Å²) in [5, 5.41) is 2.78. The average molecular weight is 386 g/mol. The number of ether oxygens (including phenoxy) is 1. The summed E-state index contributed by atoms with van der Waals surface area (Å²) in [7, 11) is 0. The third-order valence-corrected chi connectivity index (χ3v) is 4.36. The number of aryl methyl sites for hydroxylation is 1. The predicted octanol–water partition coefficient (Wildman–Crippen LogP) is 3.46. The van der Waals surface area contributed by atoms with Crippen LogP contribution in [0.25, 0.3) is 0 Å². The van der Waals surface area contributed by atoms with Crippen LogP contribution < -0.4 is 10.1 Å². The second-order valence-corrected chi connectivity index (χ2v) is 6.55. The van der Waals surface area contributed by atoms with Gasteiger partial charge in [0.05, 0.1) is 0 Å². The van der Waals surface area contributed by atoms with E-state index in [9.17, 15) is 14.0 Å². The van der Waals surface area contributed by atoms with E-state index >= 15 is 0 Å². The standard InChI is InChI=1S/C22H27FN2O3/c1-4-19(22(27)24-5-2)25(14-17-10-8-9-16(3)13-17)21(26)15-28-20-12-7-6-11-18(20)23/h6-13,19H,4-5,14-15H2,1-3H3,(H,24,27)/t19-/m0/s1. The lowest BCUT2D eigenvalue weighted by Crippen LogP contribution is -2.50. The second-order valence-electron chi connectivity index (χ2n) is 6.55. The van der Waals surface area contributed by atoms with Crippen LogP contribution in [0.5, 0.6) is 5.75 Å². The zero-order valence-corrected chi connectivity index (χ0v) is 16.6. The van der Waals surface area contributed by atoms with E-state index in [0.29, 0.717) is 13.0 Å². The molecule has 6 heteroatoms. The van der Waals surface area contributed by atoms with E-state index < -0.39 is 11.9 Å². The van der Waals surface area contributed by atoms with Gasteiger partial charge in [-0.1, -0.05) is 48.9 Å².